The number of methoxy groups -OCH3 is 1. The number of nitrogen functional groups attached to an aromatic ring is 1. The minimum Gasteiger partial charge on any atom is -0.497 e. The molecule has 2 N–H and O–H groups in total. The van der Waals surface area contributed by atoms with Crippen molar-refractivity contribution in [2.75, 3.05) is 12.8 Å². The fraction of sp³-hybridized carbons (Fsp3) is 0.154. The van der Waals surface area contributed by atoms with Crippen LogP contribution in [0.1, 0.15) is 5.56 Å². The zero-order valence-corrected chi connectivity index (χ0v) is 11.5. The SMILES string of the molecule is COc1ccc(Cn2ncc3nc(N)nc(Cl)c32)cc1. The van der Waals surface area contributed by atoms with Gasteiger partial charge in [-0.3, -0.25) is 4.68 Å². The fourth-order valence-electron chi connectivity index (χ4n) is 2.00. The van der Waals surface area contributed by atoms with E-state index in [0.717, 1.165) is 11.3 Å². The van der Waals surface area contributed by atoms with Gasteiger partial charge in [-0.05, 0) is 17.7 Å². The summed E-state index contributed by atoms with van der Waals surface area (Å²) in [6.07, 6.45) is 1.63. The molecule has 0 bridgehead atoms. The number of hydrogen-bond acceptors (Lipinski definition) is 5. The standard InChI is InChI=1S/C13H12ClN5O/c1-20-9-4-2-8(3-5-9)7-19-11-10(6-16-19)17-13(15)18-12(11)14/h2-6H,7H2,1H3,(H2,15,17,18). The van der Waals surface area contributed by atoms with E-state index >= 15 is 0 Å². The van der Waals surface area contributed by atoms with Crippen LogP contribution in [0.2, 0.25) is 5.15 Å². The first kappa shape index (κ1) is 12.7. The third-order valence-corrected chi connectivity index (χ3v) is 3.22. The monoisotopic (exact) mass is 289 g/mol. The lowest BCUT2D eigenvalue weighted by molar-refractivity contribution is 0.414. The first-order valence-electron chi connectivity index (χ1n) is 5.95. The molecule has 20 heavy (non-hydrogen) atoms. The molecule has 0 atom stereocenters. The quantitative estimate of drug-likeness (QED) is 0.747. The number of aromatic nitrogens is 4. The fourth-order valence-corrected chi connectivity index (χ4v) is 2.28. The summed E-state index contributed by atoms with van der Waals surface area (Å²) in [5.74, 6) is 0.958. The Labute approximate surface area is 120 Å². The molecule has 2 aromatic heterocycles. The number of nitrogens with zero attached hydrogens (tertiary/aromatic N) is 4. The zero-order chi connectivity index (χ0) is 14.1. The van der Waals surface area contributed by atoms with Crippen LogP contribution in [0.25, 0.3) is 11.0 Å². The molecule has 2 heterocycles. The summed E-state index contributed by atoms with van der Waals surface area (Å²) in [6.45, 7) is 0.570. The van der Waals surface area contributed by atoms with E-state index in [1.807, 2.05) is 24.3 Å². The highest BCUT2D eigenvalue weighted by Gasteiger charge is 2.11. The third kappa shape index (κ3) is 2.25. The molecular weight excluding hydrogens is 278 g/mol. The van der Waals surface area contributed by atoms with Crippen molar-refractivity contribution < 1.29 is 4.74 Å². The lowest BCUT2D eigenvalue weighted by Gasteiger charge is -2.06. The minimum absolute atomic E-state index is 0.145. The molecule has 0 saturated carbocycles. The van der Waals surface area contributed by atoms with Gasteiger partial charge in [-0.2, -0.15) is 10.1 Å². The van der Waals surface area contributed by atoms with Crippen LogP contribution in [0, 0.1) is 0 Å². The van der Waals surface area contributed by atoms with E-state index in [1.165, 1.54) is 0 Å². The molecule has 1 aromatic carbocycles. The van der Waals surface area contributed by atoms with Gasteiger partial charge in [0.25, 0.3) is 0 Å². The lowest BCUT2D eigenvalue weighted by atomic mass is 10.2. The second-order valence-corrected chi connectivity index (χ2v) is 4.61. The summed E-state index contributed by atoms with van der Waals surface area (Å²) in [5, 5.41) is 4.58. The lowest BCUT2D eigenvalue weighted by Crippen LogP contribution is -2.03. The number of ether oxygens (including phenoxy) is 1. The second kappa shape index (κ2) is 4.97. The van der Waals surface area contributed by atoms with Crippen LogP contribution >= 0.6 is 11.6 Å². The maximum absolute atomic E-state index is 6.11. The topological polar surface area (TPSA) is 78.8 Å². The summed E-state index contributed by atoms with van der Waals surface area (Å²) in [4.78, 5) is 8.06. The molecule has 0 fully saturated rings. The van der Waals surface area contributed by atoms with Crippen molar-refractivity contribution in [2.45, 2.75) is 6.54 Å². The Kier molecular flexibility index (Phi) is 3.15. The number of rotatable bonds is 3. The molecule has 0 saturated heterocycles. The Balaban J connectivity index is 1.98. The predicted molar refractivity (Wildman–Crippen MR) is 76.8 cm³/mol. The van der Waals surface area contributed by atoms with Gasteiger partial charge in [-0.1, -0.05) is 23.7 Å². The predicted octanol–water partition coefficient (Wildman–Crippen LogP) is 2.12. The average Bonchev–Trinajstić information content (AvgIpc) is 2.82. The summed E-state index contributed by atoms with van der Waals surface area (Å²) in [5.41, 5.74) is 7.95. The first-order valence-corrected chi connectivity index (χ1v) is 6.32. The molecule has 7 heteroatoms. The second-order valence-electron chi connectivity index (χ2n) is 4.26. The van der Waals surface area contributed by atoms with Crippen molar-refractivity contribution in [1.29, 1.82) is 0 Å². The van der Waals surface area contributed by atoms with E-state index in [-0.39, 0.29) is 5.95 Å². The highest BCUT2D eigenvalue weighted by Crippen LogP contribution is 2.22. The van der Waals surface area contributed by atoms with Crippen LogP contribution in [0.4, 0.5) is 5.95 Å². The van der Waals surface area contributed by atoms with Gasteiger partial charge in [-0.25, -0.2) is 4.98 Å². The van der Waals surface area contributed by atoms with Gasteiger partial charge >= 0.3 is 0 Å². The third-order valence-electron chi connectivity index (χ3n) is 2.95. The molecule has 102 valence electrons. The minimum atomic E-state index is 0.145. The van der Waals surface area contributed by atoms with Crippen LogP contribution in [-0.2, 0) is 6.54 Å². The molecule has 0 unspecified atom stereocenters. The van der Waals surface area contributed by atoms with E-state index in [0.29, 0.717) is 22.7 Å². The van der Waals surface area contributed by atoms with Crippen molar-refractivity contribution in [3.8, 4) is 5.75 Å². The Hall–Kier alpha value is -2.34. The normalized spacial score (nSPS) is 10.9. The Morgan fingerprint density at radius 2 is 2.00 bits per heavy atom. The largest absolute Gasteiger partial charge is 0.497 e. The van der Waals surface area contributed by atoms with Crippen LogP contribution in [0.5, 0.6) is 5.75 Å². The van der Waals surface area contributed by atoms with Gasteiger partial charge in [-0.15, -0.1) is 0 Å². The van der Waals surface area contributed by atoms with E-state index in [4.69, 9.17) is 22.1 Å². The molecule has 0 aliphatic heterocycles. The van der Waals surface area contributed by atoms with Gasteiger partial charge in [0.15, 0.2) is 5.15 Å². The summed E-state index contributed by atoms with van der Waals surface area (Å²) in [6, 6.07) is 7.74. The van der Waals surface area contributed by atoms with Crippen LogP contribution in [0.3, 0.4) is 0 Å². The number of anilines is 1. The molecule has 3 aromatic rings. The number of halogens is 1. The van der Waals surface area contributed by atoms with E-state index in [9.17, 15) is 0 Å². The van der Waals surface area contributed by atoms with Crippen LogP contribution in [0.15, 0.2) is 30.5 Å². The summed E-state index contributed by atoms with van der Waals surface area (Å²) < 4.78 is 6.88. The molecular formula is C13H12ClN5O. The van der Waals surface area contributed by atoms with Crippen molar-refractivity contribution in [2.24, 2.45) is 0 Å². The van der Waals surface area contributed by atoms with E-state index in [2.05, 4.69) is 15.1 Å². The summed E-state index contributed by atoms with van der Waals surface area (Å²) >= 11 is 6.11. The Morgan fingerprint density at radius 1 is 1.25 bits per heavy atom. The number of fused-ring (bicyclic) bond motifs is 1. The number of nitrogens with two attached hydrogens (primary N) is 1. The van der Waals surface area contributed by atoms with E-state index < -0.39 is 0 Å². The van der Waals surface area contributed by atoms with Crippen LogP contribution in [-0.4, -0.2) is 26.9 Å². The van der Waals surface area contributed by atoms with Gasteiger partial charge in [0.1, 0.15) is 16.8 Å². The van der Waals surface area contributed by atoms with Gasteiger partial charge < -0.3 is 10.5 Å². The van der Waals surface area contributed by atoms with E-state index in [1.54, 1.807) is 18.0 Å². The molecule has 6 nitrogen and oxygen atoms in total. The molecule has 3 rings (SSSR count). The molecule has 0 amide bonds. The molecule has 0 radical (unpaired) electrons. The van der Waals surface area contributed by atoms with Crippen LogP contribution < -0.4 is 10.5 Å². The van der Waals surface area contributed by atoms with Crippen molar-refractivity contribution >= 4 is 28.6 Å². The molecule has 0 aliphatic rings. The van der Waals surface area contributed by atoms with Crippen molar-refractivity contribution in [3.05, 3.63) is 41.2 Å². The van der Waals surface area contributed by atoms with Crippen molar-refractivity contribution in [1.82, 2.24) is 19.7 Å². The highest BCUT2D eigenvalue weighted by atomic mass is 35.5. The van der Waals surface area contributed by atoms with Crippen molar-refractivity contribution in [3.63, 3.8) is 0 Å². The summed E-state index contributed by atoms with van der Waals surface area (Å²) in [7, 11) is 1.64. The Morgan fingerprint density at radius 3 is 2.70 bits per heavy atom. The number of benzene rings is 1. The van der Waals surface area contributed by atoms with Gasteiger partial charge in [0.2, 0.25) is 5.95 Å². The zero-order valence-electron chi connectivity index (χ0n) is 10.7. The molecule has 0 spiro atoms. The highest BCUT2D eigenvalue weighted by molar-refractivity contribution is 6.33. The maximum Gasteiger partial charge on any atom is 0.222 e. The molecule has 0 aliphatic carbocycles. The average molecular weight is 290 g/mol. The first-order chi connectivity index (χ1) is 9.67. The van der Waals surface area contributed by atoms with Gasteiger partial charge in [0, 0.05) is 0 Å². The maximum atomic E-state index is 6.11. The van der Waals surface area contributed by atoms with Gasteiger partial charge in [0.05, 0.1) is 19.9 Å². The smallest absolute Gasteiger partial charge is 0.222 e. The Bertz CT molecular complexity index is 753. The number of hydrogen-bond donors (Lipinski definition) is 1.